The van der Waals surface area contributed by atoms with Gasteiger partial charge in [0.2, 0.25) is 17.7 Å². The number of rotatable bonds is 18. The lowest BCUT2D eigenvalue weighted by atomic mass is 9.85. The van der Waals surface area contributed by atoms with E-state index < -0.39 is 70.6 Å². The second-order valence-electron chi connectivity index (χ2n) is 22.6. The molecule has 2 unspecified atom stereocenters. The van der Waals surface area contributed by atoms with Crippen molar-refractivity contribution < 1.29 is 46.5 Å². The fourth-order valence-electron chi connectivity index (χ4n) is 11.8. The topological polar surface area (TPSA) is 211 Å². The molecule has 0 aliphatic carbocycles. The van der Waals surface area contributed by atoms with Gasteiger partial charge in [-0.15, -0.1) is 11.3 Å². The number of nitrogens with zero attached hydrogens (tertiary/aromatic N) is 6. The van der Waals surface area contributed by atoms with E-state index in [2.05, 4.69) is 30.7 Å². The molecule has 7 atom stereocenters. The molecule has 22 heteroatoms. The number of amides is 3. The molecule has 6 aromatic rings. The highest BCUT2D eigenvalue weighted by Crippen LogP contribution is 2.46. The summed E-state index contributed by atoms with van der Waals surface area (Å²) in [6.07, 6.45) is 3.43. The Bertz CT molecular complexity index is 3380. The van der Waals surface area contributed by atoms with Crippen molar-refractivity contribution >= 4 is 72.5 Å². The summed E-state index contributed by atoms with van der Waals surface area (Å²) in [7, 11) is 0. The number of carbonyl (C=O) groups excluding carboxylic acids is 3. The quantitative estimate of drug-likeness (QED) is 0.0403. The van der Waals surface area contributed by atoms with Gasteiger partial charge in [-0.05, 0) is 91.9 Å². The summed E-state index contributed by atoms with van der Waals surface area (Å²) in [5.41, 5.74) is 6.41. The second kappa shape index (κ2) is 24.0. The number of likely N-dealkylation sites (tertiary alicyclic amines) is 2. The number of benzene rings is 4. The third kappa shape index (κ3) is 12.1. The lowest BCUT2D eigenvalue weighted by Crippen LogP contribution is -2.58. The van der Waals surface area contributed by atoms with Gasteiger partial charge in [0.25, 0.3) is 0 Å². The standard InChI is InChI=1S/C59H65ClF4N10O6S/c1-31(32-11-13-33(14-12-32)47-42(61)9-5-10-43(47)62)67-56(77)45-24-37(75)29-74(45)57(78)53(59(2,3)4)69-46(76)19-23-79-22-7-21-72-20-6-8-36(72)30-80-58-70-51-39(55(71-58)73-27-34-15-16-35(28-73)68-34)25-41(60)49(50(51)64)38-17-18-44(63)52-48(38)40(26-65)54(66)81-52/h5,9-14,17-18,25,31,34-37,45,53,68,75H,6-8,15-16,19-24,27-30,66H2,1-4H3,(H,67,77)(H,69,76)/t31-,34?,35?,36-,37+,45-,53+/m0/s1. The van der Waals surface area contributed by atoms with Crippen LogP contribution < -0.4 is 31.3 Å². The van der Waals surface area contributed by atoms with E-state index in [1.807, 2.05) is 6.07 Å². The second-order valence-corrected chi connectivity index (χ2v) is 24.1. The average Bonchev–Trinajstić information content (AvgIpc) is 3.96. The van der Waals surface area contributed by atoms with E-state index in [1.165, 1.54) is 35.2 Å². The number of halogens is 5. The Labute approximate surface area is 475 Å². The number of thiophene rings is 1. The molecule has 4 aliphatic rings. The van der Waals surface area contributed by atoms with Crippen LogP contribution >= 0.6 is 22.9 Å². The minimum absolute atomic E-state index is 0.000900. The summed E-state index contributed by atoms with van der Waals surface area (Å²) in [4.78, 5) is 56.7. The highest BCUT2D eigenvalue weighted by molar-refractivity contribution is 7.23. The Hall–Kier alpha value is -6.67. The van der Waals surface area contributed by atoms with Crippen LogP contribution in [0, 0.1) is 40.0 Å². The number of carbonyl (C=O) groups is 3. The Morgan fingerprint density at radius 1 is 0.963 bits per heavy atom. The van der Waals surface area contributed by atoms with Gasteiger partial charge in [-0.25, -0.2) is 17.6 Å². The van der Waals surface area contributed by atoms with Crippen LogP contribution in [0.4, 0.5) is 28.4 Å². The van der Waals surface area contributed by atoms with Crippen LogP contribution in [-0.2, 0) is 19.1 Å². The van der Waals surface area contributed by atoms with E-state index in [1.54, 1.807) is 58.0 Å². The fraction of sp³-hybridized carbons (Fsp3) is 0.458. The first kappa shape index (κ1) is 57.6. The summed E-state index contributed by atoms with van der Waals surface area (Å²) in [5, 5.41) is 30.9. The first-order valence-electron chi connectivity index (χ1n) is 27.5. The molecule has 3 amide bonds. The Kier molecular flexibility index (Phi) is 17.1. The summed E-state index contributed by atoms with van der Waals surface area (Å²) < 4.78 is 73.6. The lowest BCUT2D eigenvalue weighted by Gasteiger charge is -2.35. The van der Waals surface area contributed by atoms with Crippen LogP contribution in [0.3, 0.4) is 0 Å². The number of nitriles is 1. The monoisotopic (exact) mass is 1150 g/mol. The summed E-state index contributed by atoms with van der Waals surface area (Å²) >= 11 is 7.85. The molecule has 4 fully saturated rings. The maximum Gasteiger partial charge on any atom is 0.319 e. The number of aliphatic hydroxyl groups is 1. The normalized spacial score (nSPS) is 20.9. The molecule has 10 rings (SSSR count). The lowest BCUT2D eigenvalue weighted by molar-refractivity contribution is -0.144. The Morgan fingerprint density at radius 2 is 1.69 bits per heavy atom. The van der Waals surface area contributed by atoms with E-state index in [0.717, 1.165) is 43.6 Å². The van der Waals surface area contributed by atoms with Gasteiger partial charge in [0.05, 0.1) is 39.6 Å². The number of nitrogen functional groups attached to an aromatic ring is 1. The maximum atomic E-state index is 17.3. The van der Waals surface area contributed by atoms with Crippen molar-refractivity contribution in [2.75, 3.05) is 63.2 Å². The average molecular weight is 1150 g/mol. The van der Waals surface area contributed by atoms with Gasteiger partial charge in [0.15, 0.2) is 5.82 Å². The largest absolute Gasteiger partial charge is 0.462 e. The zero-order chi connectivity index (χ0) is 57.4. The van der Waals surface area contributed by atoms with Crippen LogP contribution in [0.5, 0.6) is 6.01 Å². The number of ether oxygens (including phenoxy) is 2. The number of β-amino-alcohol motifs (C(OH)–C–C–N with tert-alkyl or cyclic N) is 1. The van der Waals surface area contributed by atoms with E-state index in [9.17, 15) is 33.5 Å². The molecule has 0 spiro atoms. The molecule has 6 N–H and O–H groups in total. The van der Waals surface area contributed by atoms with Crippen LogP contribution in [0.1, 0.15) is 89.8 Å². The van der Waals surface area contributed by atoms with Crippen LogP contribution in [0.15, 0.2) is 60.7 Å². The van der Waals surface area contributed by atoms with Crippen molar-refractivity contribution in [3.63, 3.8) is 0 Å². The zero-order valence-corrected chi connectivity index (χ0v) is 47.0. The first-order chi connectivity index (χ1) is 38.8. The van der Waals surface area contributed by atoms with Crippen molar-refractivity contribution in [2.45, 2.75) is 115 Å². The predicted molar refractivity (Wildman–Crippen MR) is 303 cm³/mol. The van der Waals surface area contributed by atoms with Gasteiger partial charge < -0.3 is 46.1 Å². The number of nitrogens with two attached hydrogens (primary N) is 1. The number of anilines is 2. The predicted octanol–water partition coefficient (Wildman–Crippen LogP) is 8.79. The Balaban J connectivity index is 0.734. The zero-order valence-electron chi connectivity index (χ0n) is 45.5. The number of aromatic nitrogens is 2. The van der Waals surface area contributed by atoms with Gasteiger partial charge >= 0.3 is 6.01 Å². The van der Waals surface area contributed by atoms with Gasteiger partial charge in [-0.3, -0.25) is 19.3 Å². The number of fused-ring (bicyclic) bond motifs is 4. The van der Waals surface area contributed by atoms with Crippen molar-refractivity contribution in [1.82, 2.24) is 35.7 Å². The molecule has 2 aromatic heterocycles. The van der Waals surface area contributed by atoms with E-state index in [0.29, 0.717) is 55.0 Å². The van der Waals surface area contributed by atoms with Gasteiger partial charge in [0.1, 0.15) is 58.5 Å². The van der Waals surface area contributed by atoms with E-state index in [4.69, 9.17) is 31.8 Å². The number of piperazine rings is 1. The van der Waals surface area contributed by atoms with E-state index in [-0.39, 0.29) is 105 Å². The smallest absolute Gasteiger partial charge is 0.319 e. The molecule has 6 heterocycles. The third-order valence-electron chi connectivity index (χ3n) is 16.0. The highest BCUT2D eigenvalue weighted by atomic mass is 35.5. The minimum Gasteiger partial charge on any atom is -0.462 e. The fourth-order valence-corrected chi connectivity index (χ4v) is 13.1. The molecule has 4 saturated heterocycles. The molecular formula is C59H65ClF4N10O6S. The molecular weight excluding hydrogens is 1090 g/mol. The molecule has 2 bridgehead atoms. The highest BCUT2D eigenvalue weighted by Gasteiger charge is 2.45. The molecule has 0 radical (unpaired) electrons. The summed E-state index contributed by atoms with van der Waals surface area (Å²) in [6.45, 7) is 10.5. The maximum absolute atomic E-state index is 17.3. The molecule has 16 nitrogen and oxygen atoms in total. The summed E-state index contributed by atoms with van der Waals surface area (Å²) in [5.74, 6) is -3.65. The number of hydrogen-bond donors (Lipinski definition) is 5. The van der Waals surface area contributed by atoms with Crippen molar-refractivity contribution in [2.24, 2.45) is 5.41 Å². The molecule has 0 saturated carbocycles. The van der Waals surface area contributed by atoms with Crippen molar-refractivity contribution in [3.8, 4) is 34.3 Å². The minimum atomic E-state index is -1.03. The SMILES string of the molecule is C[C@H](NC(=O)[C@@H]1C[C@@H](O)CN1C(=O)[C@@H](NC(=O)CCOCCCN1CCC[C@H]1COc1nc(N2CC3CCC(C2)N3)c2cc(Cl)c(-c3ccc(F)c4sc(N)c(C#N)c34)c(F)c2n1)C(C)(C)C)c1ccc(-c2c(F)cccc2F)cc1. The van der Waals surface area contributed by atoms with Gasteiger partial charge in [-0.1, -0.05) is 68.8 Å². The van der Waals surface area contributed by atoms with Crippen molar-refractivity contribution in [1.29, 1.82) is 5.26 Å². The molecule has 428 valence electrons. The van der Waals surface area contributed by atoms with Crippen LogP contribution in [-0.4, -0.2) is 131 Å². The van der Waals surface area contributed by atoms with Gasteiger partial charge in [-0.2, -0.15) is 15.2 Å². The van der Waals surface area contributed by atoms with E-state index >= 15 is 8.78 Å². The van der Waals surface area contributed by atoms with Gasteiger partial charge in [0, 0.05) is 80.1 Å². The van der Waals surface area contributed by atoms with Crippen molar-refractivity contribution in [3.05, 3.63) is 100 Å². The molecule has 4 aromatic carbocycles. The number of nitrogens with one attached hydrogen (secondary N) is 3. The first-order valence-corrected chi connectivity index (χ1v) is 28.7. The van der Waals surface area contributed by atoms with Crippen LogP contribution in [0.2, 0.25) is 5.02 Å². The number of hydrogen-bond acceptors (Lipinski definition) is 14. The molecule has 81 heavy (non-hydrogen) atoms. The molecule has 4 aliphatic heterocycles. The third-order valence-corrected chi connectivity index (χ3v) is 17.3. The number of aliphatic hydroxyl groups excluding tert-OH is 1. The summed E-state index contributed by atoms with van der Waals surface area (Å²) in [6, 6.07) is 14.3. The Morgan fingerprint density at radius 3 is 2.40 bits per heavy atom. The van der Waals surface area contributed by atoms with Crippen LogP contribution in [0.25, 0.3) is 43.2 Å².